The van der Waals surface area contributed by atoms with Crippen molar-refractivity contribution >= 4 is 17.6 Å². The van der Waals surface area contributed by atoms with Crippen LogP contribution in [0, 0.1) is 0 Å². The zero-order chi connectivity index (χ0) is 21.4. The number of hydrogen-bond donors (Lipinski definition) is 3. The van der Waals surface area contributed by atoms with Gasteiger partial charge in [-0.25, -0.2) is 0 Å². The first kappa shape index (κ1) is 22.1. The fraction of sp³-hybridized carbons (Fsp3) is 0.300. The third-order valence-electron chi connectivity index (χ3n) is 3.97. The summed E-state index contributed by atoms with van der Waals surface area (Å²) in [5, 5.41) is 8.76. The fourth-order valence-electron chi connectivity index (χ4n) is 2.60. The van der Waals surface area contributed by atoms with Gasteiger partial charge in [-0.05, 0) is 35.4 Å². The molecule has 0 radical (unpaired) electrons. The predicted octanol–water partition coefficient (Wildman–Crippen LogP) is 3.54. The van der Waals surface area contributed by atoms with Crippen molar-refractivity contribution in [2.45, 2.75) is 26.2 Å². The maximum Gasteiger partial charge on any atom is 0.416 e. The minimum atomic E-state index is -4.38. The first-order valence-corrected chi connectivity index (χ1v) is 8.78. The second-order valence-corrected chi connectivity index (χ2v) is 6.19. The molecule has 6 nitrogen and oxygen atoms in total. The van der Waals surface area contributed by atoms with E-state index in [1.807, 2.05) is 6.07 Å². The maximum atomic E-state index is 12.8. The molecule has 2 rings (SSSR count). The van der Waals surface area contributed by atoms with Crippen molar-refractivity contribution in [3.63, 3.8) is 0 Å². The number of aliphatic imine (C=N–C) groups is 1. The number of hydrogen-bond acceptors (Lipinski definition) is 3. The molecule has 0 aliphatic heterocycles. The van der Waals surface area contributed by atoms with Crippen molar-refractivity contribution in [2.24, 2.45) is 4.99 Å². The summed E-state index contributed by atoms with van der Waals surface area (Å²) < 4.78 is 43.7. The molecule has 9 heteroatoms. The number of nitrogens with zero attached hydrogens (tertiary/aromatic N) is 1. The predicted molar refractivity (Wildman–Crippen MR) is 106 cm³/mol. The smallest absolute Gasteiger partial charge is 0.416 e. The van der Waals surface area contributed by atoms with E-state index in [-0.39, 0.29) is 12.5 Å². The number of nitrogens with one attached hydrogen (secondary N) is 3. The lowest BCUT2D eigenvalue weighted by molar-refractivity contribution is -0.137. The quantitative estimate of drug-likeness (QED) is 0.505. The van der Waals surface area contributed by atoms with Gasteiger partial charge in [-0.15, -0.1) is 0 Å². The minimum absolute atomic E-state index is 0.184. The van der Waals surface area contributed by atoms with E-state index < -0.39 is 11.7 Å². The Bertz CT molecular complexity index is 882. The van der Waals surface area contributed by atoms with E-state index in [0.29, 0.717) is 29.5 Å². The second kappa shape index (κ2) is 9.81. The van der Waals surface area contributed by atoms with Gasteiger partial charge in [-0.2, -0.15) is 13.2 Å². The van der Waals surface area contributed by atoms with Gasteiger partial charge in [0.15, 0.2) is 5.96 Å². The third-order valence-corrected chi connectivity index (χ3v) is 3.97. The van der Waals surface area contributed by atoms with Crippen molar-refractivity contribution in [3.8, 4) is 5.75 Å². The molecule has 156 valence electrons. The van der Waals surface area contributed by atoms with Crippen LogP contribution in [0.3, 0.4) is 0 Å². The molecular weight excluding hydrogens is 385 g/mol. The van der Waals surface area contributed by atoms with Crippen LogP contribution >= 0.6 is 0 Å². The Kier molecular flexibility index (Phi) is 7.46. The van der Waals surface area contributed by atoms with Gasteiger partial charge in [0.1, 0.15) is 5.75 Å². The molecule has 0 saturated carbocycles. The molecule has 0 heterocycles. The monoisotopic (exact) mass is 408 g/mol. The zero-order valence-electron chi connectivity index (χ0n) is 16.4. The molecule has 2 aromatic rings. The summed E-state index contributed by atoms with van der Waals surface area (Å²) in [5.74, 6) is 0.752. The van der Waals surface area contributed by atoms with Crippen LogP contribution in [0.5, 0.6) is 5.75 Å². The SMILES string of the molecule is CN=C(NCc1cccc(C(F)(F)F)c1)NCc1ccc(OC)c(NC(C)=O)c1. The largest absolute Gasteiger partial charge is 0.495 e. The Morgan fingerprint density at radius 2 is 1.72 bits per heavy atom. The van der Waals surface area contributed by atoms with Crippen LogP contribution in [-0.4, -0.2) is 26.0 Å². The number of guanidine groups is 1. The van der Waals surface area contributed by atoms with E-state index in [4.69, 9.17) is 4.74 Å². The van der Waals surface area contributed by atoms with Crippen LogP contribution in [0.2, 0.25) is 0 Å². The van der Waals surface area contributed by atoms with E-state index >= 15 is 0 Å². The van der Waals surface area contributed by atoms with Crippen molar-refractivity contribution in [3.05, 3.63) is 59.2 Å². The maximum absolute atomic E-state index is 12.8. The molecule has 0 aliphatic carbocycles. The summed E-state index contributed by atoms with van der Waals surface area (Å²) in [4.78, 5) is 15.4. The summed E-state index contributed by atoms with van der Waals surface area (Å²) in [6.45, 7) is 1.98. The van der Waals surface area contributed by atoms with Crippen LogP contribution in [0.4, 0.5) is 18.9 Å². The minimum Gasteiger partial charge on any atom is -0.495 e. The molecular formula is C20H23F3N4O2. The average molecular weight is 408 g/mol. The molecule has 0 aliphatic rings. The second-order valence-electron chi connectivity index (χ2n) is 6.19. The highest BCUT2D eigenvalue weighted by Gasteiger charge is 2.30. The van der Waals surface area contributed by atoms with Gasteiger partial charge in [-0.1, -0.05) is 18.2 Å². The molecule has 0 atom stereocenters. The zero-order valence-corrected chi connectivity index (χ0v) is 16.4. The molecule has 2 aromatic carbocycles. The summed E-state index contributed by atoms with van der Waals surface area (Å²) >= 11 is 0. The van der Waals surface area contributed by atoms with Gasteiger partial charge < -0.3 is 20.7 Å². The number of anilines is 1. The number of amides is 1. The first-order chi connectivity index (χ1) is 13.7. The van der Waals surface area contributed by atoms with Gasteiger partial charge in [-0.3, -0.25) is 9.79 Å². The molecule has 0 fully saturated rings. The summed E-state index contributed by atoms with van der Waals surface area (Å²) in [7, 11) is 3.08. The molecule has 3 N–H and O–H groups in total. The number of methoxy groups -OCH3 is 1. The molecule has 0 spiro atoms. The summed E-state index contributed by atoms with van der Waals surface area (Å²) in [5.41, 5.74) is 1.20. The summed E-state index contributed by atoms with van der Waals surface area (Å²) in [6.07, 6.45) is -4.38. The van der Waals surface area contributed by atoms with Gasteiger partial charge in [0.05, 0.1) is 18.4 Å². The standard InChI is InChI=1S/C20H23F3N4O2/c1-13(28)27-17-10-15(7-8-18(17)29-3)12-26-19(24-2)25-11-14-5-4-6-16(9-14)20(21,22)23/h4-10H,11-12H2,1-3H3,(H,27,28)(H2,24,25,26). The third kappa shape index (κ3) is 6.70. The molecule has 0 saturated heterocycles. The van der Waals surface area contributed by atoms with Gasteiger partial charge in [0, 0.05) is 27.1 Å². The van der Waals surface area contributed by atoms with E-state index in [9.17, 15) is 18.0 Å². The topological polar surface area (TPSA) is 74.8 Å². The average Bonchev–Trinajstić information content (AvgIpc) is 2.67. The molecule has 1 amide bonds. The lowest BCUT2D eigenvalue weighted by Crippen LogP contribution is -2.36. The van der Waals surface area contributed by atoms with Crippen molar-refractivity contribution in [1.29, 1.82) is 0 Å². The lowest BCUT2D eigenvalue weighted by atomic mass is 10.1. The van der Waals surface area contributed by atoms with E-state index in [1.165, 1.54) is 20.1 Å². The van der Waals surface area contributed by atoms with Crippen LogP contribution in [0.1, 0.15) is 23.6 Å². The normalized spacial score (nSPS) is 11.7. The number of benzene rings is 2. The van der Waals surface area contributed by atoms with Crippen molar-refractivity contribution in [1.82, 2.24) is 10.6 Å². The number of ether oxygens (including phenoxy) is 1. The first-order valence-electron chi connectivity index (χ1n) is 8.78. The molecule has 0 aromatic heterocycles. The Labute approximate surface area is 167 Å². The highest BCUT2D eigenvalue weighted by Crippen LogP contribution is 2.29. The highest BCUT2D eigenvalue weighted by atomic mass is 19.4. The number of rotatable bonds is 6. The van der Waals surface area contributed by atoms with Crippen molar-refractivity contribution in [2.75, 3.05) is 19.5 Å². The Hall–Kier alpha value is -3.23. The van der Waals surface area contributed by atoms with Crippen LogP contribution in [0.25, 0.3) is 0 Å². The van der Waals surface area contributed by atoms with Gasteiger partial charge in [0.2, 0.25) is 5.91 Å². The van der Waals surface area contributed by atoms with E-state index in [2.05, 4.69) is 20.9 Å². The van der Waals surface area contributed by atoms with Crippen LogP contribution in [0.15, 0.2) is 47.5 Å². The summed E-state index contributed by atoms with van der Waals surface area (Å²) in [6, 6.07) is 10.5. The number of carbonyl (C=O) groups excluding carboxylic acids is 1. The van der Waals surface area contributed by atoms with Crippen LogP contribution in [-0.2, 0) is 24.1 Å². The van der Waals surface area contributed by atoms with Gasteiger partial charge >= 0.3 is 6.18 Å². The van der Waals surface area contributed by atoms with E-state index in [1.54, 1.807) is 25.2 Å². The van der Waals surface area contributed by atoms with Crippen LogP contribution < -0.4 is 20.7 Å². The molecule has 0 bridgehead atoms. The lowest BCUT2D eigenvalue weighted by Gasteiger charge is -2.15. The molecule has 0 unspecified atom stereocenters. The Morgan fingerprint density at radius 1 is 1.07 bits per heavy atom. The fourth-order valence-corrected chi connectivity index (χ4v) is 2.60. The Balaban J connectivity index is 1.98. The Morgan fingerprint density at radius 3 is 2.28 bits per heavy atom. The van der Waals surface area contributed by atoms with Gasteiger partial charge in [0.25, 0.3) is 0 Å². The number of halogens is 3. The van der Waals surface area contributed by atoms with E-state index in [0.717, 1.165) is 17.7 Å². The number of alkyl halides is 3. The number of carbonyl (C=O) groups is 1. The van der Waals surface area contributed by atoms with Crippen molar-refractivity contribution < 1.29 is 22.7 Å². The molecule has 29 heavy (non-hydrogen) atoms. The highest BCUT2D eigenvalue weighted by molar-refractivity contribution is 5.90.